The van der Waals surface area contributed by atoms with Gasteiger partial charge < -0.3 is 5.32 Å². The number of aromatic nitrogens is 1. The monoisotopic (exact) mass is 314 g/mol. The molecule has 0 unspecified atom stereocenters. The first-order chi connectivity index (χ1) is 9.19. The predicted octanol–water partition coefficient (Wildman–Crippen LogP) is 2.47. The Bertz CT molecular complexity index is 498. The lowest BCUT2D eigenvalue weighted by Crippen LogP contribution is -2.32. The van der Waals surface area contributed by atoms with Crippen LogP contribution in [0, 0.1) is 0 Å². The van der Waals surface area contributed by atoms with E-state index in [1.165, 1.54) is 0 Å². The van der Waals surface area contributed by atoms with Crippen LogP contribution >= 0.6 is 11.8 Å². The number of nitrogens with one attached hydrogen (secondary N) is 1. The van der Waals surface area contributed by atoms with E-state index in [4.69, 9.17) is 0 Å². The van der Waals surface area contributed by atoms with Crippen molar-refractivity contribution in [3.05, 3.63) is 23.9 Å². The van der Waals surface area contributed by atoms with E-state index < -0.39 is 10.8 Å². The fourth-order valence-corrected chi connectivity index (χ4v) is 2.62. The molecule has 1 rings (SSSR count). The van der Waals surface area contributed by atoms with Gasteiger partial charge in [-0.1, -0.05) is 20.8 Å². The van der Waals surface area contributed by atoms with Crippen LogP contribution < -0.4 is 5.32 Å². The lowest BCUT2D eigenvalue weighted by molar-refractivity contribution is 0.0953. The number of hydrogen-bond donors (Lipinski definition) is 1. The summed E-state index contributed by atoms with van der Waals surface area (Å²) in [5.41, 5.74) is 0.584. The van der Waals surface area contributed by atoms with Crippen molar-refractivity contribution in [2.75, 3.05) is 12.8 Å². The van der Waals surface area contributed by atoms with E-state index in [1.54, 1.807) is 36.3 Å². The fraction of sp³-hybridized carbons (Fsp3) is 0.571. The van der Waals surface area contributed by atoms with Crippen LogP contribution in [0.3, 0.4) is 0 Å². The van der Waals surface area contributed by atoms with E-state index in [0.717, 1.165) is 5.03 Å². The van der Waals surface area contributed by atoms with Gasteiger partial charge in [0.05, 0.1) is 5.03 Å². The van der Waals surface area contributed by atoms with Crippen molar-refractivity contribution < 1.29 is 9.00 Å². The molecule has 1 aromatic heterocycles. The van der Waals surface area contributed by atoms with E-state index in [0.29, 0.717) is 12.1 Å². The normalized spacial score (nSPS) is 14.7. The quantitative estimate of drug-likeness (QED) is 0.848. The standard InChI is InChI=1S/C14H22N2O2S2/c1-10(20(5)18)9-16-13(17)11-6-7-15-12(8-11)19-14(2,3)4/h6-8,10H,9H2,1-5H3,(H,16,17)/t10-,20+/m0/s1. The number of rotatable bonds is 5. The van der Waals surface area contributed by atoms with Gasteiger partial charge in [0.25, 0.3) is 5.91 Å². The molecule has 112 valence electrons. The summed E-state index contributed by atoms with van der Waals surface area (Å²) in [6, 6.07) is 3.48. The van der Waals surface area contributed by atoms with Crippen LogP contribution in [0.5, 0.6) is 0 Å². The molecule has 0 aliphatic carbocycles. The van der Waals surface area contributed by atoms with Crippen LogP contribution in [-0.4, -0.2) is 37.9 Å². The van der Waals surface area contributed by atoms with Crippen LogP contribution in [0.15, 0.2) is 23.4 Å². The highest BCUT2D eigenvalue weighted by Crippen LogP contribution is 2.30. The second-order valence-corrected chi connectivity index (χ2v) is 9.27. The molecule has 0 aliphatic rings. The molecular weight excluding hydrogens is 292 g/mol. The van der Waals surface area contributed by atoms with Crippen LogP contribution in [0.25, 0.3) is 0 Å². The number of hydrogen-bond acceptors (Lipinski definition) is 4. The van der Waals surface area contributed by atoms with Gasteiger partial charge in [0.1, 0.15) is 0 Å². The van der Waals surface area contributed by atoms with Crippen molar-refractivity contribution >= 4 is 28.5 Å². The minimum atomic E-state index is -0.932. The van der Waals surface area contributed by atoms with Gasteiger partial charge in [0.2, 0.25) is 0 Å². The van der Waals surface area contributed by atoms with Gasteiger partial charge in [-0.25, -0.2) is 4.98 Å². The van der Waals surface area contributed by atoms with E-state index in [1.807, 2.05) is 6.92 Å². The highest BCUT2D eigenvalue weighted by Gasteiger charge is 2.15. The Morgan fingerprint density at radius 3 is 2.70 bits per heavy atom. The molecule has 0 fully saturated rings. The van der Waals surface area contributed by atoms with Crippen LogP contribution in [0.2, 0.25) is 0 Å². The number of pyridine rings is 1. The summed E-state index contributed by atoms with van der Waals surface area (Å²) in [5, 5.41) is 3.58. The number of nitrogens with zero attached hydrogens (tertiary/aromatic N) is 1. The summed E-state index contributed by atoms with van der Waals surface area (Å²) < 4.78 is 11.3. The van der Waals surface area contributed by atoms with Crippen LogP contribution in [0.1, 0.15) is 38.1 Å². The number of carbonyl (C=O) groups excluding carboxylic acids is 1. The van der Waals surface area contributed by atoms with Crippen molar-refractivity contribution in [3.8, 4) is 0 Å². The zero-order valence-corrected chi connectivity index (χ0v) is 14.2. The maximum Gasteiger partial charge on any atom is 0.251 e. The molecule has 4 nitrogen and oxygen atoms in total. The molecule has 20 heavy (non-hydrogen) atoms. The largest absolute Gasteiger partial charge is 0.351 e. The summed E-state index contributed by atoms with van der Waals surface area (Å²) in [5.74, 6) is -0.152. The highest BCUT2D eigenvalue weighted by atomic mass is 32.2. The van der Waals surface area contributed by atoms with Gasteiger partial charge in [-0.15, -0.1) is 11.8 Å². The van der Waals surface area contributed by atoms with Gasteiger partial charge >= 0.3 is 0 Å². The van der Waals surface area contributed by atoms with Gasteiger partial charge in [-0.3, -0.25) is 9.00 Å². The Morgan fingerprint density at radius 2 is 2.15 bits per heavy atom. The molecular formula is C14H22N2O2S2. The smallest absolute Gasteiger partial charge is 0.251 e. The van der Waals surface area contributed by atoms with E-state index in [9.17, 15) is 9.00 Å². The second-order valence-electron chi connectivity index (χ2n) is 5.62. The second kappa shape index (κ2) is 7.22. The maximum absolute atomic E-state index is 12.0. The van der Waals surface area contributed by atoms with Crippen molar-refractivity contribution in [1.29, 1.82) is 0 Å². The van der Waals surface area contributed by atoms with Crippen molar-refractivity contribution in [1.82, 2.24) is 10.3 Å². The zero-order chi connectivity index (χ0) is 15.3. The number of thioether (sulfide) groups is 1. The molecule has 6 heteroatoms. The van der Waals surface area contributed by atoms with Crippen LogP contribution in [0.4, 0.5) is 0 Å². The minimum absolute atomic E-state index is 0.0513. The van der Waals surface area contributed by atoms with E-state index in [-0.39, 0.29) is 15.9 Å². The Balaban J connectivity index is 2.69. The topological polar surface area (TPSA) is 59.1 Å². The first kappa shape index (κ1) is 17.2. The van der Waals surface area contributed by atoms with Gasteiger partial charge in [0.15, 0.2) is 0 Å². The third-order valence-corrected chi connectivity index (χ3v) is 4.87. The molecule has 0 radical (unpaired) electrons. The summed E-state index contributed by atoms with van der Waals surface area (Å²) in [6.07, 6.45) is 3.28. The molecule has 1 aromatic rings. The van der Waals surface area contributed by atoms with Crippen molar-refractivity contribution in [2.24, 2.45) is 0 Å². The van der Waals surface area contributed by atoms with Crippen LogP contribution in [-0.2, 0) is 10.8 Å². The third-order valence-electron chi connectivity index (χ3n) is 2.52. The Morgan fingerprint density at radius 1 is 1.50 bits per heavy atom. The fourth-order valence-electron chi connectivity index (χ4n) is 1.38. The van der Waals surface area contributed by atoms with E-state index in [2.05, 4.69) is 31.1 Å². The number of carbonyl (C=O) groups is 1. The molecule has 1 heterocycles. The van der Waals surface area contributed by atoms with Gasteiger partial charge in [0, 0.05) is 45.4 Å². The molecule has 0 aromatic carbocycles. The molecule has 2 atom stereocenters. The van der Waals surface area contributed by atoms with Crippen molar-refractivity contribution in [2.45, 2.75) is 42.7 Å². The molecule has 1 amide bonds. The third kappa shape index (κ3) is 6.05. The summed E-state index contributed by atoms with van der Waals surface area (Å²) in [6.45, 7) is 8.56. The summed E-state index contributed by atoms with van der Waals surface area (Å²) >= 11 is 1.62. The molecule has 0 saturated heterocycles. The molecule has 0 bridgehead atoms. The average molecular weight is 314 g/mol. The summed E-state index contributed by atoms with van der Waals surface area (Å²) in [7, 11) is -0.932. The first-order valence-electron chi connectivity index (χ1n) is 6.44. The Labute approximate surface area is 127 Å². The maximum atomic E-state index is 12.0. The van der Waals surface area contributed by atoms with Crippen molar-refractivity contribution in [3.63, 3.8) is 0 Å². The Hall–Kier alpha value is -0.880. The van der Waals surface area contributed by atoms with Gasteiger partial charge in [-0.2, -0.15) is 0 Å². The first-order valence-corrected chi connectivity index (χ1v) is 8.88. The lowest BCUT2D eigenvalue weighted by atomic mass is 10.2. The predicted molar refractivity (Wildman–Crippen MR) is 85.7 cm³/mol. The zero-order valence-electron chi connectivity index (χ0n) is 12.6. The van der Waals surface area contributed by atoms with E-state index >= 15 is 0 Å². The SMILES string of the molecule is C[C@@H](CNC(=O)c1ccnc(SC(C)(C)C)c1)[S@@](C)=O. The molecule has 0 aliphatic heterocycles. The summed E-state index contributed by atoms with van der Waals surface area (Å²) in [4.78, 5) is 16.3. The van der Waals surface area contributed by atoms with Gasteiger partial charge in [-0.05, 0) is 19.1 Å². The number of amides is 1. The minimum Gasteiger partial charge on any atom is -0.351 e. The molecule has 0 saturated carbocycles. The highest BCUT2D eigenvalue weighted by molar-refractivity contribution is 8.00. The molecule has 0 spiro atoms. The average Bonchev–Trinajstić information content (AvgIpc) is 2.33. The molecule has 1 N–H and O–H groups in total. The lowest BCUT2D eigenvalue weighted by Gasteiger charge is -2.17. The Kier molecular flexibility index (Phi) is 6.20.